The molecule has 2 aliphatic heterocycles. The van der Waals surface area contributed by atoms with Gasteiger partial charge < -0.3 is 29.6 Å². The topological polar surface area (TPSA) is 164 Å². The van der Waals surface area contributed by atoms with Gasteiger partial charge in [0, 0.05) is 43.8 Å². The first-order chi connectivity index (χ1) is 21.7. The Morgan fingerprint density at radius 3 is 2.52 bits per heavy atom. The number of aliphatic hydroxyl groups excluding tert-OH is 2. The van der Waals surface area contributed by atoms with Crippen molar-refractivity contribution in [2.24, 2.45) is 0 Å². The molecular weight excluding hydrogens is 634 g/mol. The number of benzene rings is 2. The predicted octanol–water partition coefficient (Wildman–Crippen LogP) is 1.91. The Bertz CT molecular complexity index is 1830. The highest BCUT2D eigenvalue weighted by Crippen LogP contribution is 2.37. The first-order valence-electron chi connectivity index (χ1n) is 15.5. The van der Waals surface area contributed by atoms with Crippen LogP contribution in [0.1, 0.15) is 40.0 Å². The molecule has 1 spiro atoms. The summed E-state index contributed by atoms with van der Waals surface area (Å²) in [4.78, 5) is 13.0. The molecule has 0 radical (unpaired) electrons. The first kappa shape index (κ1) is 34.5. The van der Waals surface area contributed by atoms with E-state index < -0.39 is 48.3 Å². The van der Waals surface area contributed by atoms with Crippen LogP contribution in [0.4, 0.5) is 0 Å². The van der Waals surface area contributed by atoms with Crippen LogP contribution in [0, 0.1) is 0 Å². The number of aromatic nitrogens is 1. The lowest BCUT2D eigenvalue weighted by Crippen LogP contribution is -2.47. The molecule has 252 valence electrons. The van der Waals surface area contributed by atoms with Crippen molar-refractivity contribution in [1.29, 1.82) is 0 Å². The molecule has 2 aromatic carbocycles. The van der Waals surface area contributed by atoms with Gasteiger partial charge in [0.15, 0.2) is 9.84 Å². The predicted molar refractivity (Wildman–Crippen MR) is 173 cm³/mol. The Kier molecular flexibility index (Phi) is 10.00. The first-order valence-corrected chi connectivity index (χ1v) is 18.4. The Labute approximate surface area is 269 Å². The summed E-state index contributed by atoms with van der Waals surface area (Å²) >= 11 is 0. The van der Waals surface area contributed by atoms with Gasteiger partial charge in [0.2, 0.25) is 15.5 Å². The summed E-state index contributed by atoms with van der Waals surface area (Å²) in [5.74, 6) is 0.288. The zero-order valence-corrected chi connectivity index (χ0v) is 28.0. The van der Waals surface area contributed by atoms with Crippen molar-refractivity contribution in [3.8, 4) is 5.75 Å². The number of sulfonamides is 1. The number of pyridine rings is 1. The van der Waals surface area contributed by atoms with Crippen LogP contribution in [-0.2, 0) is 31.1 Å². The number of piperidine rings is 1. The van der Waals surface area contributed by atoms with E-state index in [2.05, 4.69) is 5.32 Å². The molecule has 2 atom stereocenters. The smallest absolute Gasteiger partial charge is 0.248 e. The molecule has 0 saturated carbocycles. The second-order valence-corrected chi connectivity index (χ2v) is 17.2. The Morgan fingerprint density at radius 2 is 1.83 bits per heavy atom. The van der Waals surface area contributed by atoms with Gasteiger partial charge in [-0.1, -0.05) is 18.2 Å². The molecule has 5 rings (SSSR count). The fourth-order valence-corrected chi connectivity index (χ4v) is 8.93. The molecule has 46 heavy (non-hydrogen) atoms. The molecule has 0 unspecified atom stereocenters. The van der Waals surface area contributed by atoms with Crippen molar-refractivity contribution < 1.29 is 36.5 Å². The summed E-state index contributed by atoms with van der Waals surface area (Å²) in [7, 11) is -7.80. The van der Waals surface area contributed by atoms with Crippen molar-refractivity contribution in [1.82, 2.24) is 14.2 Å². The number of fused-ring (bicyclic) bond motifs is 1. The van der Waals surface area contributed by atoms with Gasteiger partial charge in [-0.3, -0.25) is 4.79 Å². The maximum absolute atomic E-state index is 13.6. The van der Waals surface area contributed by atoms with Crippen molar-refractivity contribution in [3.05, 3.63) is 65.0 Å². The average Bonchev–Trinajstić information content (AvgIpc) is 3.45. The van der Waals surface area contributed by atoms with Gasteiger partial charge in [-0.25, -0.2) is 16.8 Å². The van der Waals surface area contributed by atoms with E-state index in [-0.39, 0.29) is 47.8 Å². The molecule has 3 aromatic rings. The summed E-state index contributed by atoms with van der Waals surface area (Å²) in [6.45, 7) is 5.81. The van der Waals surface area contributed by atoms with Crippen LogP contribution in [-0.4, -0.2) is 97.9 Å². The van der Waals surface area contributed by atoms with E-state index >= 15 is 0 Å². The third-order valence-corrected chi connectivity index (χ3v) is 13.4. The number of nitrogens with one attached hydrogen (secondary N) is 1. The monoisotopic (exact) mass is 677 g/mol. The molecule has 2 fully saturated rings. The summed E-state index contributed by atoms with van der Waals surface area (Å²) in [5, 5.41) is 23.7. The fraction of sp³-hybridized carbons (Fsp3) is 0.531. The van der Waals surface area contributed by atoms with E-state index in [0.717, 1.165) is 0 Å². The number of sulfone groups is 1. The van der Waals surface area contributed by atoms with Crippen LogP contribution in [0.2, 0.25) is 0 Å². The number of hydrogen-bond donors (Lipinski definition) is 3. The molecule has 0 amide bonds. The summed E-state index contributed by atoms with van der Waals surface area (Å²) in [6.07, 6.45) is 2.18. The highest BCUT2D eigenvalue weighted by Gasteiger charge is 2.45. The van der Waals surface area contributed by atoms with E-state index in [0.29, 0.717) is 43.3 Å². The lowest BCUT2D eigenvalue weighted by molar-refractivity contribution is -0.0312. The zero-order chi connectivity index (χ0) is 33.3. The van der Waals surface area contributed by atoms with Crippen LogP contribution >= 0.6 is 0 Å². The number of nitrogens with zero attached hydrogens (tertiary/aromatic N) is 2. The average molecular weight is 678 g/mol. The van der Waals surface area contributed by atoms with Crippen LogP contribution in [0.3, 0.4) is 0 Å². The SMILES string of the molecule is CCn1cc(S(=O)(=O)N2CCC3(CC2)C[C@@H](NC[C@H](O)COc2cccc(S(=O)(=O)C(C)(C)CO)c2)CO3)c(=O)c2ccccc21. The molecule has 3 heterocycles. The maximum atomic E-state index is 13.6. The van der Waals surface area contributed by atoms with Crippen molar-refractivity contribution in [3.63, 3.8) is 0 Å². The molecule has 3 N–H and O–H groups in total. The second kappa shape index (κ2) is 13.3. The lowest BCUT2D eigenvalue weighted by Gasteiger charge is -2.38. The molecule has 14 heteroatoms. The van der Waals surface area contributed by atoms with Gasteiger partial charge in [0.05, 0.1) is 34.0 Å². The summed E-state index contributed by atoms with van der Waals surface area (Å²) in [6, 6.07) is 12.9. The van der Waals surface area contributed by atoms with E-state index in [4.69, 9.17) is 9.47 Å². The number of ether oxygens (including phenoxy) is 2. The number of para-hydroxylation sites is 1. The molecule has 1 aromatic heterocycles. The van der Waals surface area contributed by atoms with E-state index in [9.17, 15) is 31.8 Å². The van der Waals surface area contributed by atoms with Crippen molar-refractivity contribution in [2.45, 2.75) is 78.9 Å². The quantitative estimate of drug-likeness (QED) is 0.258. The number of hydrogen-bond acceptors (Lipinski definition) is 10. The molecule has 2 saturated heterocycles. The van der Waals surface area contributed by atoms with Gasteiger partial charge in [0.1, 0.15) is 23.4 Å². The van der Waals surface area contributed by atoms with E-state index in [1.54, 1.807) is 28.8 Å². The molecule has 2 aliphatic rings. The van der Waals surface area contributed by atoms with Crippen LogP contribution in [0.5, 0.6) is 5.75 Å². The van der Waals surface area contributed by atoms with Crippen molar-refractivity contribution in [2.75, 3.05) is 39.5 Å². The molecule has 12 nitrogen and oxygen atoms in total. The minimum absolute atomic E-state index is 0.0271. The number of aliphatic hydroxyl groups is 2. The Hall–Kier alpha value is -2.85. The van der Waals surface area contributed by atoms with Crippen LogP contribution in [0.15, 0.2) is 69.3 Å². The van der Waals surface area contributed by atoms with Gasteiger partial charge in [-0.15, -0.1) is 0 Å². The van der Waals surface area contributed by atoms with E-state index in [1.165, 1.54) is 36.5 Å². The van der Waals surface area contributed by atoms with Crippen molar-refractivity contribution >= 4 is 30.8 Å². The van der Waals surface area contributed by atoms with Gasteiger partial charge in [-0.05, 0) is 70.4 Å². The van der Waals surface area contributed by atoms with Gasteiger partial charge in [-0.2, -0.15) is 4.31 Å². The normalized spacial score (nSPS) is 19.9. The number of aryl methyl sites for hydroxylation is 1. The summed E-state index contributed by atoms with van der Waals surface area (Å²) < 4.78 is 66.6. The Balaban J connectivity index is 1.13. The zero-order valence-electron chi connectivity index (χ0n) is 26.4. The Morgan fingerprint density at radius 1 is 1.11 bits per heavy atom. The number of rotatable bonds is 12. The molecule has 0 aliphatic carbocycles. The minimum Gasteiger partial charge on any atom is -0.491 e. The lowest BCUT2D eigenvalue weighted by atomic mass is 9.88. The van der Waals surface area contributed by atoms with Crippen LogP contribution in [0.25, 0.3) is 10.9 Å². The molecule has 0 bridgehead atoms. The van der Waals surface area contributed by atoms with Crippen LogP contribution < -0.4 is 15.5 Å². The standard InChI is InChI=1S/C32H43N3O9S2/c1-4-34-19-29(30(38)27-10-5-6-11-28(27)34)46(41,42)35-14-12-32(13-15-35)17-23(20-44-32)33-18-24(37)21-43-25-8-7-9-26(16-25)45(39,40)31(2,3)22-36/h5-11,16,19,23-24,33,36-37H,4,12-15,17-18,20-22H2,1-3H3/t23-,24+/m1/s1. The minimum atomic E-state index is -4.01. The highest BCUT2D eigenvalue weighted by molar-refractivity contribution is 7.92. The molecular formula is C32H43N3O9S2. The largest absolute Gasteiger partial charge is 0.491 e. The fourth-order valence-electron chi connectivity index (χ4n) is 6.05. The third kappa shape index (κ3) is 6.75. The van der Waals surface area contributed by atoms with E-state index in [1.807, 2.05) is 19.1 Å². The van der Waals surface area contributed by atoms with Gasteiger partial charge in [0.25, 0.3) is 0 Å². The maximum Gasteiger partial charge on any atom is 0.248 e. The second-order valence-electron chi connectivity index (χ2n) is 12.7. The summed E-state index contributed by atoms with van der Waals surface area (Å²) in [5.41, 5.74) is -0.288. The third-order valence-electron chi connectivity index (χ3n) is 9.06. The highest BCUT2D eigenvalue weighted by atomic mass is 32.2. The van der Waals surface area contributed by atoms with Gasteiger partial charge >= 0.3 is 0 Å².